The topological polar surface area (TPSA) is 82.3 Å². The van der Waals surface area contributed by atoms with E-state index in [1.807, 2.05) is 0 Å². The molecule has 0 spiro atoms. The molecule has 1 heterocycles. The number of rotatable bonds is 5. The quantitative estimate of drug-likeness (QED) is 0.468. The number of aromatic nitrogens is 1. The Balaban J connectivity index is 2.20. The minimum atomic E-state index is -0.434. The van der Waals surface area contributed by atoms with Gasteiger partial charge in [0.2, 0.25) is 0 Å². The maximum atomic E-state index is 10.9. The van der Waals surface area contributed by atoms with Crippen LogP contribution >= 0.6 is 15.9 Å². The zero-order valence-corrected chi connectivity index (χ0v) is 12.7. The molecule has 0 fully saturated rings. The number of hydrogen-bond donors (Lipinski definition) is 0. The number of aldehydes is 1. The van der Waals surface area contributed by atoms with Gasteiger partial charge in [-0.1, -0.05) is 12.1 Å². The van der Waals surface area contributed by atoms with E-state index in [4.69, 9.17) is 4.74 Å². The summed E-state index contributed by atoms with van der Waals surface area (Å²) in [5.41, 5.74) is 1.45. The molecule has 0 amide bonds. The molecule has 2 rings (SSSR count). The van der Waals surface area contributed by atoms with Crippen molar-refractivity contribution in [1.29, 1.82) is 0 Å². The van der Waals surface area contributed by atoms with Gasteiger partial charge in [0.15, 0.2) is 6.29 Å². The molecule has 1 aromatic heterocycles. The van der Waals surface area contributed by atoms with E-state index in [2.05, 4.69) is 20.9 Å². The Morgan fingerprint density at radius 3 is 2.86 bits per heavy atom. The van der Waals surface area contributed by atoms with Crippen molar-refractivity contribution in [2.75, 3.05) is 0 Å². The molecule has 0 N–H and O–H groups in total. The normalized spacial score (nSPS) is 10.2. The van der Waals surface area contributed by atoms with Crippen LogP contribution in [0.15, 0.2) is 34.9 Å². The van der Waals surface area contributed by atoms with Crippen LogP contribution in [0.1, 0.15) is 21.6 Å². The molecule has 0 bridgehead atoms. The number of hydrogen-bond acceptors (Lipinski definition) is 5. The molecule has 2 aromatic rings. The summed E-state index contributed by atoms with van der Waals surface area (Å²) in [4.78, 5) is 25.3. The van der Waals surface area contributed by atoms with Crippen LogP contribution in [0.5, 0.6) is 5.75 Å². The highest BCUT2D eigenvalue weighted by molar-refractivity contribution is 9.10. The predicted octanol–water partition coefficient (Wildman–Crippen LogP) is 3.45. The third-order valence-electron chi connectivity index (χ3n) is 2.82. The predicted molar refractivity (Wildman–Crippen MR) is 79.5 cm³/mol. The van der Waals surface area contributed by atoms with Crippen LogP contribution in [0.2, 0.25) is 0 Å². The Bertz CT molecular complexity index is 703. The average Bonchev–Trinajstić information content (AvgIpc) is 2.46. The van der Waals surface area contributed by atoms with Crippen LogP contribution in [-0.4, -0.2) is 16.2 Å². The molecule has 0 saturated carbocycles. The summed E-state index contributed by atoms with van der Waals surface area (Å²) >= 11 is 3.24. The molecule has 0 aliphatic rings. The fourth-order valence-corrected chi connectivity index (χ4v) is 2.05. The first-order chi connectivity index (χ1) is 10.0. The lowest BCUT2D eigenvalue weighted by Gasteiger charge is -2.08. The minimum absolute atomic E-state index is 0.0408. The number of ether oxygens (including phenoxy) is 1. The second-order valence-electron chi connectivity index (χ2n) is 4.32. The molecule has 6 nitrogen and oxygen atoms in total. The summed E-state index contributed by atoms with van der Waals surface area (Å²) in [5.74, 6) is 0.322. The van der Waals surface area contributed by atoms with Gasteiger partial charge in [-0.25, -0.2) is 4.98 Å². The van der Waals surface area contributed by atoms with Crippen molar-refractivity contribution in [3.05, 3.63) is 61.9 Å². The zero-order chi connectivity index (χ0) is 15.4. The number of pyridine rings is 1. The third-order valence-corrected chi connectivity index (χ3v) is 3.26. The fraction of sp³-hybridized carbons (Fsp3) is 0.143. The largest absolute Gasteiger partial charge is 0.486 e. The van der Waals surface area contributed by atoms with Gasteiger partial charge in [-0.15, -0.1) is 0 Å². The van der Waals surface area contributed by atoms with E-state index in [1.165, 1.54) is 12.3 Å². The molecule has 7 heteroatoms. The molecule has 0 aliphatic carbocycles. The fourth-order valence-electron chi connectivity index (χ4n) is 1.74. The summed E-state index contributed by atoms with van der Waals surface area (Å²) in [6.45, 7) is 1.78. The van der Waals surface area contributed by atoms with Crippen molar-refractivity contribution in [1.82, 2.24) is 4.98 Å². The van der Waals surface area contributed by atoms with Crippen LogP contribution in [-0.2, 0) is 6.61 Å². The van der Waals surface area contributed by atoms with E-state index in [1.54, 1.807) is 25.1 Å². The Morgan fingerprint density at radius 2 is 2.19 bits per heavy atom. The highest BCUT2D eigenvalue weighted by Gasteiger charge is 2.12. The van der Waals surface area contributed by atoms with Gasteiger partial charge in [-0.2, -0.15) is 0 Å². The minimum Gasteiger partial charge on any atom is -0.486 e. The molecular formula is C14H11BrN2O4. The summed E-state index contributed by atoms with van der Waals surface area (Å²) < 4.78 is 6.20. The van der Waals surface area contributed by atoms with Gasteiger partial charge in [0.1, 0.15) is 18.1 Å². The monoisotopic (exact) mass is 350 g/mol. The number of carbonyl (C=O) groups is 1. The number of aryl methyl sites for hydroxylation is 1. The van der Waals surface area contributed by atoms with Gasteiger partial charge in [0.25, 0.3) is 5.69 Å². The van der Waals surface area contributed by atoms with E-state index < -0.39 is 4.92 Å². The standard InChI is InChI=1S/C14H11BrN2O4/c1-9-2-3-10(4-13(9)17(19)20)8-21-14-5-11(15)6-16-12(14)7-18/h2-7H,8H2,1H3. The van der Waals surface area contributed by atoms with Gasteiger partial charge in [-0.3, -0.25) is 14.9 Å². The van der Waals surface area contributed by atoms with Crippen molar-refractivity contribution in [2.45, 2.75) is 13.5 Å². The molecule has 0 unspecified atom stereocenters. The number of nitro benzene ring substituents is 1. The van der Waals surface area contributed by atoms with Crippen molar-refractivity contribution in [3.63, 3.8) is 0 Å². The number of halogens is 1. The molecule has 0 atom stereocenters. The summed E-state index contributed by atoms with van der Waals surface area (Å²) in [5, 5.41) is 10.9. The summed E-state index contributed by atoms with van der Waals surface area (Å²) in [6.07, 6.45) is 2.09. The van der Waals surface area contributed by atoms with Gasteiger partial charge < -0.3 is 4.74 Å². The summed E-state index contributed by atoms with van der Waals surface area (Å²) in [7, 11) is 0. The van der Waals surface area contributed by atoms with Crippen LogP contribution in [0.25, 0.3) is 0 Å². The van der Waals surface area contributed by atoms with Crippen LogP contribution < -0.4 is 4.74 Å². The number of nitrogens with zero attached hydrogens (tertiary/aromatic N) is 2. The third kappa shape index (κ3) is 3.63. The maximum Gasteiger partial charge on any atom is 0.272 e. The van der Waals surface area contributed by atoms with Crippen LogP contribution in [0.4, 0.5) is 5.69 Å². The van der Waals surface area contributed by atoms with Gasteiger partial charge in [0.05, 0.1) is 4.92 Å². The van der Waals surface area contributed by atoms with E-state index in [0.717, 1.165) is 0 Å². The van der Waals surface area contributed by atoms with Crippen molar-refractivity contribution < 1.29 is 14.5 Å². The maximum absolute atomic E-state index is 10.9. The molecule has 108 valence electrons. The highest BCUT2D eigenvalue weighted by Crippen LogP contribution is 2.23. The van der Waals surface area contributed by atoms with E-state index in [0.29, 0.717) is 27.6 Å². The lowest BCUT2D eigenvalue weighted by atomic mass is 10.1. The number of nitro groups is 1. The van der Waals surface area contributed by atoms with Gasteiger partial charge in [-0.05, 0) is 34.5 Å². The lowest BCUT2D eigenvalue weighted by molar-refractivity contribution is -0.385. The molecule has 0 radical (unpaired) electrons. The Morgan fingerprint density at radius 1 is 1.43 bits per heavy atom. The molecule has 0 saturated heterocycles. The average molecular weight is 351 g/mol. The Hall–Kier alpha value is -2.28. The first-order valence-corrected chi connectivity index (χ1v) is 6.78. The van der Waals surface area contributed by atoms with Crippen molar-refractivity contribution >= 4 is 27.9 Å². The second kappa shape index (κ2) is 6.45. The SMILES string of the molecule is Cc1ccc(COc2cc(Br)cnc2C=O)cc1[N+](=O)[O-]. The first kappa shape index (κ1) is 15.1. The molecular weight excluding hydrogens is 340 g/mol. The Labute approximate surface area is 129 Å². The first-order valence-electron chi connectivity index (χ1n) is 5.98. The van der Waals surface area contributed by atoms with E-state index in [-0.39, 0.29) is 18.0 Å². The smallest absolute Gasteiger partial charge is 0.272 e. The number of carbonyl (C=O) groups excluding carboxylic acids is 1. The number of benzene rings is 1. The molecule has 21 heavy (non-hydrogen) atoms. The molecule has 1 aromatic carbocycles. The second-order valence-corrected chi connectivity index (χ2v) is 5.24. The molecule has 0 aliphatic heterocycles. The van der Waals surface area contributed by atoms with Crippen LogP contribution in [0.3, 0.4) is 0 Å². The Kier molecular flexibility index (Phi) is 4.64. The lowest BCUT2D eigenvalue weighted by Crippen LogP contribution is -2.01. The highest BCUT2D eigenvalue weighted by atomic mass is 79.9. The van der Waals surface area contributed by atoms with Crippen molar-refractivity contribution in [3.8, 4) is 5.75 Å². The van der Waals surface area contributed by atoms with Gasteiger partial charge in [0, 0.05) is 22.3 Å². The van der Waals surface area contributed by atoms with Crippen LogP contribution in [0, 0.1) is 17.0 Å². The van der Waals surface area contributed by atoms with E-state index in [9.17, 15) is 14.9 Å². The van der Waals surface area contributed by atoms with Gasteiger partial charge >= 0.3 is 0 Å². The zero-order valence-electron chi connectivity index (χ0n) is 11.1. The summed E-state index contributed by atoms with van der Waals surface area (Å²) in [6, 6.07) is 6.49. The van der Waals surface area contributed by atoms with E-state index >= 15 is 0 Å². The van der Waals surface area contributed by atoms with Crippen molar-refractivity contribution in [2.24, 2.45) is 0 Å².